The van der Waals surface area contributed by atoms with E-state index < -0.39 is 17.7 Å². The Bertz CT molecular complexity index is 963. The molecule has 0 bridgehead atoms. The Hall–Kier alpha value is -2.94. The molecule has 192 valence electrons. The van der Waals surface area contributed by atoms with Crippen molar-refractivity contribution in [3.8, 4) is 0 Å². The summed E-state index contributed by atoms with van der Waals surface area (Å²) in [6.07, 6.45) is 2.25. The number of ether oxygens (including phenoxy) is 1. The number of benzene rings is 1. The lowest BCUT2D eigenvalue weighted by atomic mass is 9.97. The number of carbonyl (C=O) groups excluding carboxylic acids is 4. The van der Waals surface area contributed by atoms with E-state index in [2.05, 4.69) is 5.32 Å². The molecule has 0 spiro atoms. The fourth-order valence-electron chi connectivity index (χ4n) is 5.19. The summed E-state index contributed by atoms with van der Waals surface area (Å²) in [4.78, 5) is 56.0. The Morgan fingerprint density at radius 3 is 2.43 bits per heavy atom. The molecule has 2 fully saturated rings. The number of carbonyl (C=O) groups is 4. The van der Waals surface area contributed by atoms with Gasteiger partial charge in [-0.1, -0.05) is 27.2 Å². The summed E-state index contributed by atoms with van der Waals surface area (Å²) in [7, 11) is 1.51. The highest BCUT2D eigenvalue weighted by molar-refractivity contribution is 6.01. The van der Waals surface area contributed by atoms with Crippen molar-refractivity contribution >= 4 is 29.2 Å². The molecule has 1 aromatic carbocycles. The van der Waals surface area contributed by atoms with Crippen LogP contribution in [0.15, 0.2) is 24.3 Å². The van der Waals surface area contributed by atoms with E-state index in [1.807, 2.05) is 20.8 Å². The zero-order valence-corrected chi connectivity index (χ0v) is 21.4. The number of nitrogen functional groups attached to an aromatic ring is 1. The molecule has 3 amide bonds. The van der Waals surface area contributed by atoms with Crippen molar-refractivity contribution in [1.29, 1.82) is 0 Å². The molecule has 9 heteroatoms. The third kappa shape index (κ3) is 5.50. The van der Waals surface area contributed by atoms with Crippen LogP contribution in [0.25, 0.3) is 0 Å². The van der Waals surface area contributed by atoms with Gasteiger partial charge in [-0.05, 0) is 56.4 Å². The molecule has 2 aliphatic heterocycles. The zero-order chi connectivity index (χ0) is 25.9. The largest absolute Gasteiger partial charge is 0.399 e. The minimum absolute atomic E-state index is 0.0345. The maximum absolute atomic E-state index is 13.6. The second-order valence-corrected chi connectivity index (χ2v) is 10.2. The SMILES string of the molecule is CCCC(C)(OC)C(=O)N1CC(=O)C2C1CCN2C(=O)C(CC(C)C)NC(=O)c1ccc(N)cc1. The van der Waals surface area contributed by atoms with Crippen LogP contribution in [0.3, 0.4) is 0 Å². The second kappa shape index (κ2) is 10.8. The van der Waals surface area contributed by atoms with Gasteiger partial charge in [-0.25, -0.2) is 0 Å². The van der Waals surface area contributed by atoms with Gasteiger partial charge in [0.15, 0.2) is 5.78 Å². The van der Waals surface area contributed by atoms with Crippen molar-refractivity contribution in [1.82, 2.24) is 15.1 Å². The van der Waals surface area contributed by atoms with E-state index in [0.717, 1.165) is 6.42 Å². The normalized spacial score (nSPS) is 22.2. The molecule has 3 rings (SSSR count). The third-order valence-electron chi connectivity index (χ3n) is 7.08. The van der Waals surface area contributed by atoms with Crippen LogP contribution in [0.5, 0.6) is 0 Å². The fraction of sp³-hybridized carbons (Fsp3) is 0.615. The fourth-order valence-corrected chi connectivity index (χ4v) is 5.19. The molecule has 9 nitrogen and oxygen atoms in total. The molecule has 35 heavy (non-hydrogen) atoms. The maximum Gasteiger partial charge on any atom is 0.255 e. The van der Waals surface area contributed by atoms with Crippen molar-refractivity contribution in [2.24, 2.45) is 5.92 Å². The quantitative estimate of drug-likeness (QED) is 0.515. The van der Waals surface area contributed by atoms with Gasteiger partial charge < -0.3 is 25.6 Å². The Kier molecular flexibility index (Phi) is 8.20. The molecule has 0 aliphatic carbocycles. The van der Waals surface area contributed by atoms with Crippen LogP contribution in [0.4, 0.5) is 5.69 Å². The number of nitrogens with zero attached hydrogens (tertiary/aromatic N) is 2. The second-order valence-electron chi connectivity index (χ2n) is 10.2. The summed E-state index contributed by atoms with van der Waals surface area (Å²) >= 11 is 0. The van der Waals surface area contributed by atoms with Gasteiger partial charge in [0.1, 0.15) is 17.7 Å². The summed E-state index contributed by atoms with van der Waals surface area (Å²) in [5.41, 5.74) is 5.66. The van der Waals surface area contributed by atoms with Crippen molar-refractivity contribution in [2.75, 3.05) is 25.9 Å². The monoisotopic (exact) mass is 486 g/mol. The number of likely N-dealkylation sites (tertiary alicyclic amines) is 2. The number of anilines is 1. The number of nitrogens with two attached hydrogens (primary N) is 1. The smallest absolute Gasteiger partial charge is 0.255 e. The molecule has 0 saturated carbocycles. The highest BCUT2D eigenvalue weighted by Gasteiger charge is 2.54. The van der Waals surface area contributed by atoms with E-state index in [1.54, 1.807) is 41.0 Å². The first-order valence-electron chi connectivity index (χ1n) is 12.4. The highest BCUT2D eigenvalue weighted by atomic mass is 16.5. The zero-order valence-electron chi connectivity index (χ0n) is 21.4. The molecular formula is C26H38N4O5. The number of rotatable bonds is 9. The van der Waals surface area contributed by atoms with Crippen LogP contribution >= 0.6 is 0 Å². The lowest BCUT2D eigenvalue weighted by Gasteiger charge is -2.33. The van der Waals surface area contributed by atoms with Gasteiger partial charge in [0.05, 0.1) is 12.6 Å². The Balaban J connectivity index is 1.78. The highest BCUT2D eigenvalue weighted by Crippen LogP contribution is 2.33. The number of methoxy groups -OCH3 is 1. The van der Waals surface area contributed by atoms with E-state index in [0.29, 0.717) is 37.1 Å². The van der Waals surface area contributed by atoms with Crippen LogP contribution in [0, 0.1) is 5.92 Å². The van der Waals surface area contributed by atoms with E-state index in [4.69, 9.17) is 10.5 Å². The summed E-state index contributed by atoms with van der Waals surface area (Å²) in [5.74, 6) is -0.891. The van der Waals surface area contributed by atoms with Crippen LogP contribution in [0.2, 0.25) is 0 Å². The summed E-state index contributed by atoms with van der Waals surface area (Å²) < 4.78 is 5.55. The van der Waals surface area contributed by atoms with Gasteiger partial charge in [-0.3, -0.25) is 19.2 Å². The maximum atomic E-state index is 13.6. The van der Waals surface area contributed by atoms with Crippen molar-refractivity contribution < 1.29 is 23.9 Å². The number of nitrogens with one attached hydrogen (secondary N) is 1. The van der Waals surface area contributed by atoms with Crippen molar-refractivity contribution in [3.63, 3.8) is 0 Å². The number of fused-ring (bicyclic) bond motifs is 1. The average Bonchev–Trinajstić information content (AvgIpc) is 3.39. The standard InChI is InChI=1S/C26H38N4O5/c1-6-12-26(4,35-5)25(34)30-15-21(31)22-20(30)11-13-29(22)24(33)19(14-16(2)3)28-23(32)17-7-9-18(27)10-8-17/h7-10,16,19-20,22H,6,11-15,27H2,1-5H3,(H,28,32). The van der Waals surface area contributed by atoms with Gasteiger partial charge >= 0.3 is 0 Å². The Labute approximate surface area is 207 Å². The molecule has 3 N–H and O–H groups in total. The first-order chi connectivity index (χ1) is 16.5. The molecule has 1 aromatic rings. The summed E-state index contributed by atoms with van der Waals surface area (Å²) in [6.45, 7) is 8.00. The van der Waals surface area contributed by atoms with E-state index in [9.17, 15) is 19.2 Å². The number of amides is 3. The van der Waals surface area contributed by atoms with Gasteiger partial charge in [0.2, 0.25) is 5.91 Å². The minimum Gasteiger partial charge on any atom is -0.399 e. The lowest BCUT2D eigenvalue weighted by Crippen LogP contribution is -2.53. The topological polar surface area (TPSA) is 122 Å². The lowest BCUT2D eigenvalue weighted by molar-refractivity contribution is -0.155. The predicted octanol–water partition coefficient (Wildman–Crippen LogP) is 2.00. The molecule has 4 unspecified atom stereocenters. The van der Waals surface area contributed by atoms with E-state index >= 15 is 0 Å². The van der Waals surface area contributed by atoms with Gasteiger partial charge in [-0.2, -0.15) is 0 Å². The molecular weight excluding hydrogens is 448 g/mol. The molecule has 4 atom stereocenters. The number of hydrogen-bond donors (Lipinski definition) is 2. The third-order valence-corrected chi connectivity index (χ3v) is 7.08. The van der Waals surface area contributed by atoms with Crippen molar-refractivity contribution in [3.05, 3.63) is 29.8 Å². The minimum atomic E-state index is -1.01. The molecule has 2 aliphatic rings. The molecule has 2 heterocycles. The molecule has 0 aromatic heterocycles. The first kappa shape index (κ1) is 26.7. The van der Waals surface area contributed by atoms with Gasteiger partial charge in [0.25, 0.3) is 11.8 Å². The summed E-state index contributed by atoms with van der Waals surface area (Å²) in [6, 6.07) is 4.64. The molecule has 2 saturated heterocycles. The Morgan fingerprint density at radius 2 is 1.86 bits per heavy atom. The van der Waals surface area contributed by atoms with Crippen LogP contribution in [-0.4, -0.2) is 77.2 Å². The Morgan fingerprint density at radius 1 is 1.20 bits per heavy atom. The van der Waals surface area contributed by atoms with Crippen LogP contribution in [-0.2, 0) is 19.1 Å². The number of Topliss-reactive ketones (excluding diaryl/α,β-unsaturated/α-hetero) is 1. The average molecular weight is 487 g/mol. The van der Waals surface area contributed by atoms with Gasteiger partial charge in [-0.15, -0.1) is 0 Å². The number of hydrogen-bond acceptors (Lipinski definition) is 6. The summed E-state index contributed by atoms with van der Waals surface area (Å²) in [5, 5.41) is 2.86. The van der Waals surface area contributed by atoms with Gasteiger partial charge in [0, 0.05) is 24.9 Å². The van der Waals surface area contributed by atoms with Crippen LogP contribution in [0.1, 0.15) is 63.7 Å². The first-order valence-corrected chi connectivity index (χ1v) is 12.4. The number of ketones is 1. The van der Waals surface area contributed by atoms with E-state index in [-0.39, 0.29) is 42.0 Å². The van der Waals surface area contributed by atoms with Crippen molar-refractivity contribution in [2.45, 2.75) is 77.1 Å². The van der Waals surface area contributed by atoms with E-state index in [1.165, 1.54) is 7.11 Å². The predicted molar refractivity (Wildman–Crippen MR) is 133 cm³/mol. The molecule has 0 radical (unpaired) electrons. The van der Waals surface area contributed by atoms with Crippen LogP contribution < -0.4 is 11.1 Å².